The Kier molecular flexibility index (Phi) is 5.95. The maximum absolute atomic E-state index is 12.1. The van der Waals surface area contributed by atoms with Crippen LogP contribution >= 0.6 is 0 Å². The summed E-state index contributed by atoms with van der Waals surface area (Å²) in [7, 11) is 3.28. The summed E-state index contributed by atoms with van der Waals surface area (Å²) in [6.07, 6.45) is 0.0915. The van der Waals surface area contributed by atoms with E-state index in [1.165, 1.54) is 11.8 Å². The second-order valence-electron chi connectivity index (χ2n) is 5.53. The number of urea groups is 1. The zero-order valence-corrected chi connectivity index (χ0v) is 12.6. The van der Waals surface area contributed by atoms with Crippen molar-refractivity contribution in [2.75, 3.05) is 27.2 Å². The van der Waals surface area contributed by atoms with E-state index in [0.717, 1.165) is 0 Å². The smallest absolute Gasteiger partial charge is 0.328 e. The Morgan fingerprint density at radius 1 is 1.33 bits per heavy atom. The minimum absolute atomic E-state index is 0.169. The van der Waals surface area contributed by atoms with Crippen molar-refractivity contribution in [3.05, 3.63) is 0 Å². The number of carbonyl (C=O) groups is 3. The minimum atomic E-state index is -1.34. The van der Waals surface area contributed by atoms with E-state index >= 15 is 0 Å². The number of likely N-dealkylation sites (tertiary alicyclic amines) is 1. The second-order valence-corrected chi connectivity index (χ2v) is 5.53. The highest BCUT2D eigenvalue weighted by Crippen LogP contribution is 2.18. The fourth-order valence-corrected chi connectivity index (χ4v) is 2.31. The van der Waals surface area contributed by atoms with Gasteiger partial charge < -0.3 is 25.3 Å². The van der Waals surface area contributed by atoms with Crippen molar-refractivity contribution < 1.29 is 24.6 Å². The molecule has 0 aromatic heterocycles. The average molecular weight is 301 g/mol. The van der Waals surface area contributed by atoms with Gasteiger partial charge in [0.2, 0.25) is 5.91 Å². The number of rotatable bonds is 4. The van der Waals surface area contributed by atoms with Crippen LogP contribution < -0.4 is 5.32 Å². The molecule has 3 amide bonds. The summed E-state index contributed by atoms with van der Waals surface area (Å²) in [5.74, 6) is -2.18. The van der Waals surface area contributed by atoms with Crippen molar-refractivity contribution in [3.8, 4) is 0 Å². The van der Waals surface area contributed by atoms with Crippen LogP contribution in [0.4, 0.5) is 4.79 Å². The minimum Gasteiger partial charge on any atom is -0.480 e. The lowest BCUT2D eigenvalue weighted by atomic mass is 9.96. The predicted molar refractivity (Wildman–Crippen MR) is 74.6 cm³/mol. The fraction of sp³-hybridized carbons (Fsp3) is 0.769. The highest BCUT2D eigenvalue weighted by Gasteiger charge is 2.32. The van der Waals surface area contributed by atoms with E-state index in [9.17, 15) is 19.5 Å². The third-order valence-electron chi connectivity index (χ3n) is 3.49. The van der Waals surface area contributed by atoms with Crippen molar-refractivity contribution >= 4 is 17.9 Å². The average Bonchev–Trinajstić information content (AvgIpc) is 2.42. The van der Waals surface area contributed by atoms with Crippen LogP contribution in [-0.2, 0) is 9.59 Å². The molecule has 0 radical (unpaired) electrons. The van der Waals surface area contributed by atoms with Crippen LogP contribution in [0.5, 0.6) is 0 Å². The van der Waals surface area contributed by atoms with Crippen LogP contribution in [0.25, 0.3) is 0 Å². The first-order valence-corrected chi connectivity index (χ1v) is 6.91. The van der Waals surface area contributed by atoms with Gasteiger partial charge >= 0.3 is 12.0 Å². The zero-order valence-electron chi connectivity index (χ0n) is 12.6. The lowest BCUT2D eigenvalue weighted by Gasteiger charge is -2.34. The molecular formula is C13H23N3O5. The normalized spacial score (nSPS) is 21.3. The lowest BCUT2D eigenvalue weighted by Crippen LogP contribution is -2.53. The maximum Gasteiger partial charge on any atom is 0.328 e. The van der Waals surface area contributed by atoms with Crippen LogP contribution in [0.1, 0.15) is 19.8 Å². The number of piperidine rings is 1. The Balaban J connectivity index is 2.65. The number of hydrogen-bond acceptors (Lipinski definition) is 4. The lowest BCUT2D eigenvalue weighted by molar-refractivity contribution is -0.145. The third-order valence-corrected chi connectivity index (χ3v) is 3.49. The van der Waals surface area contributed by atoms with Gasteiger partial charge in [-0.25, -0.2) is 9.59 Å². The number of nitrogens with one attached hydrogen (secondary N) is 1. The molecule has 8 nitrogen and oxygen atoms in total. The molecule has 120 valence electrons. The molecular weight excluding hydrogens is 278 g/mol. The van der Waals surface area contributed by atoms with Gasteiger partial charge in [-0.05, 0) is 19.8 Å². The summed E-state index contributed by atoms with van der Waals surface area (Å²) in [5.41, 5.74) is 0. The SMILES string of the molecule is C[C@@H](O)[C@H](NC(=O)C1CCCN(C(=O)N(C)C)C1)C(=O)O. The maximum atomic E-state index is 12.1. The van der Waals surface area contributed by atoms with Gasteiger partial charge in [0.15, 0.2) is 6.04 Å². The molecule has 21 heavy (non-hydrogen) atoms. The first-order chi connectivity index (χ1) is 9.73. The van der Waals surface area contributed by atoms with Gasteiger partial charge in [0.05, 0.1) is 12.0 Å². The molecule has 1 rings (SSSR count). The summed E-state index contributed by atoms with van der Waals surface area (Å²) in [6, 6.07) is -1.50. The molecule has 0 bridgehead atoms. The first kappa shape index (κ1) is 17.2. The van der Waals surface area contributed by atoms with Crippen LogP contribution in [0, 0.1) is 5.92 Å². The summed E-state index contributed by atoms with van der Waals surface area (Å²) in [5, 5.41) is 20.7. The third kappa shape index (κ3) is 4.59. The van der Waals surface area contributed by atoms with E-state index in [4.69, 9.17) is 5.11 Å². The zero-order chi connectivity index (χ0) is 16.2. The van der Waals surface area contributed by atoms with Crippen molar-refractivity contribution in [3.63, 3.8) is 0 Å². The Morgan fingerprint density at radius 2 is 1.95 bits per heavy atom. The van der Waals surface area contributed by atoms with Crippen molar-refractivity contribution in [1.29, 1.82) is 0 Å². The van der Waals surface area contributed by atoms with Gasteiger partial charge in [-0.1, -0.05) is 0 Å². The number of aliphatic carboxylic acids is 1. The number of aliphatic hydroxyl groups is 1. The van der Waals surface area contributed by atoms with Crippen LogP contribution in [0.15, 0.2) is 0 Å². The summed E-state index contributed by atoms with van der Waals surface area (Å²) in [6.45, 7) is 2.15. The molecule has 0 aliphatic carbocycles. The van der Waals surface area contributed by atoms with Crippen molar-refractivity contribution in [2.45, 2.75) is 31.9 Å². The molecule has 0 aromatic carbocycles. The first-order valence-electron chi connectivity index (χ1n) is 6.91. The molecule has 3 N–H and O–H groups in total. The molecule has 1 aliphatic heterocycles. The standard InChI is InChI=1S/C13H23N3O5/c1-8(17)10(12(19)20)14-11(18)9-5-4-6-16(7-9)13(21)15(2)3/h8-10,17H,4-7H2,1-3H3,(H,14,18)(H,19,20)/t8-,9?,10+/m1/s1. The van der Waals surface area contributed by atoms with Crippen LogP contribution in [0.3, 0.4) is 0 Å². The Labute approximate surface area is 123 Å². The highest BCUT2D eigenvalue weighted by molar-refractivity contribution is 5.86. The van der Waals surface area contributed by atoms with Crippen molar-refractivity contribution in [2.24, 2.45) is 5.92 Å². The largest absolute Gasteiger partial charge is 0.480 e. The monoisotopic (exact) mass is 301 g/mol. The number of carboxylic acids is 1. The van der Waals surface area contributed by atoms with E-state index < -0.39 is 29.9 Å². The quantitative estimate of drug-likeness (QED) is 0.638. The predicted octanol–water partition coefficient (Wildman–Crippen LogP) is -0.670. The van der Waals surface area contributed by atoms with Gasteiger partial charge in [-0.15, -0.1) is 0 Å². The Hall–Kier alpha value is -1.83. The molecule has 8 heteroatoms. The van der Waals surface area contributed by atoms with Gasteiger partial charge in [0.25, 0.3) is 0 Å². The van der Waals surface area contributed by atoms with Gasteiger partial charge in [0, 0.05) is 27.2 Å². The second kappa shape index (κ2) is 7.26. The molecule has 0 saturated carbocycles. The fourth-order valence-electron chi connectivity index (χ4n) is 2.31. The van der Waals surface area contributed by atoms with E-state index in [1.807, 2.05) is 0 Å². The summed E-state index contributed by atoms with van der Waals surface area (Å²) < 4.78 is 0. The number of aliphatic hydroxyl groups excluding tert-OH is 1. The van der Waals surface area contributed by atoms with E-state index in [2.05, 4.69) is 5.32 Å². The van der Waals surface area contributed by atoms with Gasteiger partial charge in [-0.3, -0.25) is 4.79 Å². The molecule has 3 atom stereocenters. The molecule has 1 heterocycles. The molecule has 1 fully saturated rings. The van der Waals surface area contributed by atoms with Crippen LogP contribution in [-0.4, -0.2) is 77.3 Å². The molecule has 1 saturated heterocycles. The molecule has 0 spiro atoms. The topological polar surface area (TPSA) is 110 Å². The number of amides is 3. The Bertz CT molecular complexity index is 411. The molecule has 0 aromatic rings. The molecule has 1 aliphatic rings. The van der Waals surface area contributed by atoms with Gasteiger partial charge in [0.1, 0.15) is 0 Å². The number of carbonyl (C=O) groups excluding carboxylic acids is 2. The van der Waals surface area contributed by atoms with Crippen molar-refractivity contribution in [1.82, 2.24) is 15.1 Å². The summed E-state index contributed by atoms with van der Waals surface area (Å²) in [4.78, 5) is 38.0. The number of carboxylic acid groups (broad SMARTS) is 1. The summed E-state index contributed by atoms with van der Waals surface area (Å²) >= 11 is 0. The van der Waals surface area contributed by atoms with E-state index in [1.54, 1.807) is 19.0 Å². The van der Waals surface area contributed by atoms with E-state index in [-0.39, 0.29) is 12.6 Å². The van der Waals surface area contributed by atoms with Crippen LogP contribution in [0.2, 0.25) is 0 Å². The highest BCUT2D eigenvalue weighted by atomic mass is 16.4. The number of nitrogens with zero attached hydrogens (tertiary/aromatic N) is 2. The van der Waals surface area contributed by atoms with Gasteiger partial charge in [-0.2, -0.15) is 0 Å². The van der Waals surface area contributed by atoms with E-state index in [0.29, 0.717) is 19.4 Å². The number of hydrogen-bond donors (Lipinski definition) is 3. The molecule has 1 unspecified atom stereocenters. The Morgan fingerprint density at radius 3 is 2.43 bits per heavy atom.